The minimum atomic E-state index is 0.0952. The summed E-state index contributed by atoms with van der Waals surface area (Å²) in [6, 6.07) is 11.0. The molecule has 3 nitrogen and oxygen atoms in total. The van der Waals surface area contributed by atoms with E-state index in [2.05, 4.69) is 36.5 Å². The maximum atomic E-state index is 8.62. The molecule has 0 fully saturated rings. The summed E-state index contributed by atoms with van der Waals surface area (Å²) < 4.78 is 5.26. The van der Waals surface area contributed by atoms with E-state index < -0.39 is 0 Å². The van der Waals surface area contributed by atoms with Gasteiger partial charge >= 0.3 is 0 Å². The average molecular weight is 251 g/mol. The van der Waals surface area contributed by atoms with Crippen molar-refractivity contribution in [1.29, 1.82) is 0 Å². The molecule has 0 spiro atoms. The molecule has 102 valence electrons. The molecule has 0 amide bonds. The van der Waals surface area contributed by atoms with Crippen LogP contribution in [-0.4, -0.2) is 31.5 Å². The van der Waals surface area contributed by atoms with Crippen molar-refractivity contribution in [1.82, 2.24) is 5.32 Å². The SMILES string of the molecule is CCCCC(NCCOCCO)c1ccccc1. The van der Waals surface area contributed by atoms with Gasteiger partial charge in [-0.3, -0.25) is 0 Å². The minimum absolute atomic E-state index is 0.0952. The Kier molecular flexibility index (Phi) is 8.47. The van der Waals surface area contributed by atoms with Crippen molar-refractivity contribution in [3.63, 3.8) is 0 Å². The van der Waals surface area contributed by atoms with Gasteiger partial charge in [-0.25, -0.2) is 0 Å². The van der Waals surface area contributed by atoms with Crippen LogP contribution in [-0.2, 0) is 4.74 Å². The quantitative estimate of drug-likeness (QED) is 0.628. The van der Waals surface area contributed by atoms with Crippen LogP contribution in [0.3, 0.4) is 0 Å². The van der Waals surface area contributed by atoms with E-state index in [1.54, 1.807) is 0 Å². The Labute approximate surface area is 110 Å². The Morgan fingerprint density at radius 2 is 2.00 bits per heavy atom. The molecule has 0 aliphatic heterocycles. The van der Waals surface area contributed by atoms with Crippen molar-refractivity contribution in [3.8, 4) is 0 Å². The van der Waals surface area contributed by atoms with Gasteiger partial charge in [-0.2, -0.15) is 0 Å². The number of ether oxygens (including phenoxy) is 1. The first-order chi connectivity index (χ1) is 8.88. The molecule has 0 heterocycles. The molecular weight excluding hydrogens is 226 g/mol. The zero-order valence-electron chi connectivity index (χ0n) is 11.3. The lowest BCUT2D eigenvalue weighted by Crippen LogP contribution is -2.25. The van der Waals surface area contributed by atoms with Crippen LogP contribution < -0.4 is 5.32 Å². The lowest BCUT2D eigenvalue weighted by atomic mass is 10.0. The second-order valence-corrected chi connectivity index (χ2v) is 4.40. The summed E-state index contributed by atoms with van der Waals surface area (Å²) in [6.45, 7) is 4.20. The summed E-state index contributed by atoms with van der Waals surface area (Å²) in [5.41, 5.74) is 1.34. The largest absolute Gasteiger partial charge is 0.394 e. The van der Waals surface area contributed by atoms with Gasteiger partial charge in [0.2, 0.25) is 0 Å². The number of hydrogen-bond donors (Lipinski definition) is 2. The molecule has 1 rings (SSSR count). The van der Waals surface area contributed by atoms with Crippen LogP contribution in [0, 0.1) is 0 Å². The molecular formula is C15H25NO2. The standard InChI is InChI=1S/C15H25NO2/c1-2-3-9-15(14-7-5-4-6-8-14)16-10-12-18-13-11-17/h4-8,15-17H,2-3,9-13H2,1H3. The van der Waals surface area contributed by atoms with Gasteiger partial charge in [0.15, 0.2) is 0 Å². The third-order valence-electron chi connectivity index (χ3n) is 2.92. The second kappa shape index (κ2) is 10.1. The van der Waals surface area contributed by atoms with Crippen LogP contribution in [0.4, 0.5) is 0 Å². The van der Waals surface area contributed by atoms with Gasteiger partial charge in [0, 0.05) is 12.6 Å². The van der Waals surface area contributed by atoms with Gasteiger partial charge in [-0.1, -0.05) is 50.1 Å². The predicted molar refractivity (Wildman–Crippen MR) is 74.6 cm³/mol. The normalized spacial score (nSPS) is 12.6. The number of aliphatic hydroxyl groups excluding tert-OH is 1. The highest BCUT2D eigenvalue weighted by molar-refractivity contribution is 5.18. The number of hydrogen-bond acceptors (Lipinski definition) is 3. The third-order valence-corrected chi connectivity index (χ3v) is 2.92. The molecule has 0 aliphatic carbocycles. The fourth-order valence-corrected chi connectivity index (χ4v) is 1.95. The van der Waals surface area contributed by atoms with Crippen molar-refractivity contribution >= 4 is 0 Å². The molecule has 0 radical (unpaired) electrons. The fourth-order valence-electron chi connectivity index (χ4n) is 1.95. The Balaban J connectivity index is 2.36. The Morgan fingerprint density at radius 3 is 2.67 bits per heavy atom. The van der Waals surface area contributed by atoms with E-state index in [-0.39, 0.29) is 6.61 Å². The zero-order valence-corrected chi connectivity index (χ0v) is 11.3. The van der Waals surface area contributed by atoms with E-state index in [0.29, 0.717) is 19.3 Å². The first-order valence-electron chi connectivity index (χ1n) is 6.85. The van der Waals surface area contributed by atoms with E-state index in [0.717, 1.165) is 13.0 Å². The fraction of sp³-hybridized carbons (Fsp3) is 0.600. The molecule has 0 aromatic heterocycles. The molecule has 3 heteroatoms. The van der Waals surface area contributed by atoms with Crippen LogP contribution in [0.5, 0.6) is 0 Å². The summed E-state index contributed by atoms with van der Waals surface area (Å²) in [4.78, 5) is 0. The van der Waals surface area contributed by atoms with Crippen molar-refractivity contribution in [2.75, 3.05) is 26.4 Å². The first kappa shape index (κ1) is 15.2. The Hall–Kier alpha value is -0.900. The van der Waals surface area contributed by atoms with Crippen LogP contribution in [0.1, 0.15) is 37.8 Å². The zero-order chi connectivity index (χ0) is 13.1. The molecule has 1 unspecified atom stereocenters. The van der Waals surface area contributed by atoms with E-state index in [9.17, 15) is 0 Å². The Morgan fingerprint density at radius 1 is 1.22 bits per heavy atom. The highest BCUT2D eigenvalue weighted by Gasteiger charge is 2.09. The molecule has 18 heavy (non-hydrogen) atoms. The van der Waals surface area contributed by atoms with Crippen molar-refractivity contribution in [2.45, 2.75) is 32.2 Å². The molecule has 0 saturated heterocycles. The molecule has 0 bridgehead atoms. The van der Waals surface area contributed by atoms with Crippen LogP contribution in [0.25, 0.3) is 0 Å². The molecule has 0 saturated carbocycles. The van der Waals surface area contributed by atoms with Gasteiger partial charge < -0.3 is 15.2 Å². The number of aliphatic hydroxyl groups is 1. The summed E-state index contributed by atoms with van der Waals surface area (Å²) in [5.74, 6) is 0. The van der Waals surface area contributed by atoms with Crippen LogP contribution in [0.2, 0.25) is 0 Å². The maximum absolute atomic E-state index is 8.62. The van der Waals surface area contributed by atoms with Crippen molar-refractivity contribution in [2.24, 2.45) is 0 Å². The van der Waals surface area contributed by atoms with Gasteiger partial charge in [0.1, 0.15) is 0 Å². The van der Waals surface area contributed by atoms with E-state index in [4.69, 9.17) is 9.84 Å². The average Bonchev–Trinajstić information content (AvgIpc) is 2.43. The number of benzene rings is 1. The van der Waals surface area contributed by atoms with E-state index in [1.807, 2.05) is 6.07 Å². The summed E-state index contributed by atoms with van der Waals surface area (Å²) in [5, 5.41) is 12.1. The predicted octanol–water partition coefficient (Wildman–Crippen LogP) is 2.52. The molecule has 1 aromatic rings. The van der Waals surface area contributed by atoms with Crippen molar-refractivity contribution in [3.05, 3.63) is 35.9 Å². The monoisotopic (exact) mass is 251 g/mol. The van der Waals surface area contributed by atoms with Gasteiger partial charge in [-0.15, -0.1) is 0 Å². The van der Waals surface area contributed by atoms with Gasteiger partial charge in [0.25, 0.3) is 0 Å². The highest BCUT2D eigenvalue weighted by atomic mass is 16.5. The topological polar surface area (TPSA) is 41.5 Å². The summed E-state index contributed by atoms with van der Waals surface area (Å²) >= 11 is 0. The Bertz CT molecular complexity index is 290. The molecule has 2 N–H and O–H groups in total. The molecule has 1 atom stereocenters. The number of rotatable bonds is 10. The van der Waals surface area contributed by atoms with E-state index in [1.165, 1.54) is 18.4 Å². The summed E-state index contributed by atoms with van der Waals surface area (Å²) in [7, 11) is 0. The molecule has 1 aromatic carbocycles. The summed E-state index contributed by atoms with van der Waals surface area (Å²) in [6.07, 6.45) is 3.59. The number of unbranched alkanes of at least 4 members (excludes halogenated alkanes) is 1. The highest BCUT2D eigenvalue weighted by Crippen LogP contribution is 2.18. The third kappa shape index (κ3) is 6.15. The second-order valence-electron chi connectivity index (χ2n) is 4.40. The van der Waals surface area contributed by atoms with Crippen LogP contribution in [0.15, 0.2) is 30.3 Å². The first-order valence-corrected chi connectivity index (χ1v) is 6.85. The minimum Gasteiger partial charge on any atom is -0.394 e. The van der Waals surface area contributed by atoms with Gasteiger partial charge in [-0.05, 0) is 12.0 Å². The maximum Gasteiger partial charge on any atom is 0.0698 e. The lowest BCUT2D eigenvalue weighted by Gasteiger charge is -2.19. The molecule has 0 aliphatic rings. The van der Waals surface area contributed by atoms with Crippen molar-refractivity contribution < 1.29 is 9.84 Å². The van der Waals surface area contributed by atoms with E-state index >= 15 is 0 Å². The lowest BCUT2D eigenvalue weighted by molar-refractivity contribution is 0.0923. The van der Waals surface area contributed by atoms with Gasteiger partial charge in [0.05, 0.1) is 19.8 Å². The smallest absolute Gasteiger partial charge is 0.0698 e. The number of nitrogens with one attached hydrogen (secondary N) is 1. The van der Waals surface area contributed by atoms with Crippen LogP contribution >= 0.6 is 0 Å².